The first-order chi connectivity index (χ1) is 9.95. The van der Waals surface area contributed by atoms with Crippen LogP contribution in [0.15, 0.2) is 0 Å². The van der Waals surface area contributed by atoms with Gasteiger partial charge in [0.1, 0.15) is 12.1 Å². The first-order valence-corrected chi connectivity index (χ1v) is 7.87. The van der Waals surface area contributed by atoms with Gasteiger partial charge in [-0.05, 0) is 26.2 Å². The van der Waals surface area contributed by atoms with E-state index in [0.717, 1.165) is 17.7 Å². The molecule has 0 saturated carbocycles. The standard InChI is InChI=1S/C15H27N3O3/c1-5-9-10-17(8-4)12(19)11-18-13(20)15(6-2,7-3)16-14(18)21/h5-11H2,1-4H3,(H,16,21). The quantitative estimate of drug-likeness (QED) is 0.694. The summed E-state index contributed by atoms with van der Waals surface area (Å²) in [4.78, 5) is 39.5. The highest BCUT2D eigenvalue weighted by Crippen LogP contribution is 2.24. The molecular weight excluding hydrogens is 270 g/mol. The molecular formula is C15H27N3O3. The van der Waals surface area contributed by atoms with Crippen LogP contribution < -0.4 is 5.32 Å². The third-order valence-corrected chi connectivity index (χ3v) is 4.26. The Bertz CT molecular complexity index is 405. The van der Waals surface area contributed by atoms with Crippen LogP contribution in [0.5, 0.6) is 0 Å². The molecule has 0 unspecified atom stereocenters. The lowest BCUT2D eigenvalue weighted by molar-refractivity contribution is -0.139. The molecule has 1 N–H and O–H groups in total. The van der Waals surface area contributed by atoms with Crippen molar-refractivity contribution >= 4 is 17.8 Å². The zero-order chi connectivity index (χ0) is 16.0. The van der Waals surface area contributed by atoms with Gasteiger partial charge in [-0.15, -0.1) is 0 Å². The normalized spacial score (nSPS) is 17.0. The molecule has 0 spiro atoms. The maximum absolute atomic E-state index is 12.4. The van der Waals surface area contributed by atoms with E-state index in [0.29, 0.717) is 25.9 Å². The molecule has 1 aliphatic rings. The zero-order valence-electron chi connectivity index (χ0n) is 13.6. The number of hydrogen-bond acceptors (Lipinski definition) is 3. The van der Waals surface area contributed by atoms with Gasteiger partial charge in [0.15, 0.2) is 0 Å². The van der Waals surface area contributed by atoms with E-state index in [2.05, 4.69) is 12.2 Å². The van der Waals surface area contributed by atoms with Crippen LogP contribution in [0.3, 0.4) is 0 Å². The van der Waals surface area contributed by atoms with Crippen LogP contribution >= 0.6 is 0 Å². The molecule has 1 fully saturated rings. The number of carbonyl (C=O) groups excluding carboxylic acids is 3. The van der Waals surface area contributed by atoms with Crippen molar-refractivity contribution in [2.24, 2.45) is 0 Å². The van der Waals surface area contributed by atoms with Gasteiger partial charge in [-0.1, -0.05) is 27.2 Å². The summed E-state index contributed by atoms with van der Waals surface area (Å²) in [6.07, 6.45) is 2.99. The summed E-state index contributed by atoms with van der Waals surface area (Å²) in [7, 11) is 0. The van der Waals surface area contributed by atoms with Crippen molar-refractivity contribution in [1.82, 2.24) is 15.1 Å². The Morgan fingerprint density at radius 1 is 1.19 bits per heavy atom. The number of nitrogens with zero attached hydrogens (tertiary/aromatic N) is 2. The number of carbonyl (C=O) groups is 3. The van der Waals surface area contributed by atoms with Crippen molar-refractivity contribution in [1.29, 1.82) is 0 Å². The fourth-order valence-electron chi connectivity index (χ4n) is 2.59. The fraction of sp³-hybridized carbons (Fsp3) is 0.800. The van der Waals surface area contributed by atoms with Crippen molar-refractivity contribution < 1.29 is 14.4 Å². The Labute approximate surface area is 126 Å². The van der Waals surface area contributed by atoms with Crippen LogP contribution in [-0.4, -0.2) is 52.8 Å². The maximum atomic E-state index is 12.4. The lowest BCUT2D eigenvalue weighted by atomic mass is 9.93. The molecule has 0 aromatic heterocycles. The van der Waals surface area contributed by atoms with Gasteiger partial charge in [0.25, 0.3) is 5.91 Å². The van der Waals surface area contributed by atoms with E-state index in [-0.39, 0.29) is 18.4 Å². The number of rotatable bonds is 8. The topological polar surface area (TPSA) is 69.7 Å². The van der Waals surface area contributed by atoms with E-state index in [1.807, 2.05) is 20.8 Å². The van der Waals surface area contributed by atoms with Crippen LogP contribution in [0.2, 0.25) is 0 Å². The third-order valence-electron chi connectivity index (χ3n) is 4.26. The summed E-state index contributed by atoms with van der Waals surface area (Å²) >= 11 is 0. The second-order valence-electron chi connectivity index (χ2n) is 5.44. The minimum Gasteiger partial charge on any atom is -0.341 e. The molecule has 0 aromatic rings. The Kier molecular flexibility index (Phi) is 6.18. The average Bonchev–Trinajstić information content (AvgIpc) is 2.72. The lowest BCUT2D eigenvalue weighted by Gasteiger charge is -2.25. The average molecular weight is 297 g/mol. The highest BCUT2D eigenvalue weighted by Gasteiger charge is 2.49. The highest BCUT2D eigenvalue weighted by molar-refractivity contribution is 6.08. The van der Waals surface area contributed by atoms with Gasteiger partial charge in [0.2, 0.25) is 5.91 Å². The van der Waals surface area contributed by atoms with Gasteiger partial charge in [-0.25, -0.2) is 4.79 Å². The van der Waals surface area contributed by atoms with E-state index < -0.39 is 11.6 Å². The van der Waals surface area contributed by atoms with E-state index in [4.69, 9.17) is 0 Å². The fourth-order valence-corrected chi connectivity index (χ4v) is 2.59. The van der Waals surface area contributed by atoms with E-state index >= 15 is 0 Å². The van der Waals surface area contributed by atoms with Gasteiger partial charge < -0.3 is 10.2 Å². The van der Waals surface area contributed by atoms with Gasteiger partial charge in [0.05, 0.1) is 0 Å². The number of likely N-dealkylation sites (N-methyl/N-ethyl adjacent to an activating group) is 1. The molecule has 1 saturated heterocycles. The molecule has 1 rings (SSSR count). The van der Waals surface area contributed by atoms with E-state index in [9.17, 15) is 14.4 Å². The van der Waals surface area contributed by atoms with Crippen LogP contribution in [0.25, 0.3) is 0 Å². The molecule has 0 atom stereocenters. The summed E-state index contributed by atoms with van der Waals surface area (Å²) in [6.45, 7) is 8.80. The summed E-state index contributed by atoms with van der Waals surface area (Å²) in [5.74, 6) is -0.449. The smallest absolute Gasteiger partial charge is 0.325 e. The molecule has 21 heavy (non-hydrogen) atoms. The van der Waals surface area contributed by atoms with Gasteiger partial charge >= 0.3 is 6.03 Å². The molecule has 0 radical (unpaired) electrons. The Morgan fingerprint density at radius 3 is 2.24 bits per heavy atom. The molecule has 1 aliphatic heterocycles. The van der Waals surface area contributed by atoms with Crippen LogP contribution in [0.1, 0.15) is 53.4 Å². The molecule has 6 heteroatoms. The molecule has 1 heterocycles. The molecule has 0 bridgehead atoms. The lowest BCUT2D eigenvalue weighted by Crippen LogP contribution is -2.47. The molecule has 0 aromatic carbocycles. The molecule has 6 nitrogen and oxygen atoms in total. The second-order valence-corrected chi connectivity index (χ2v) is 5.44. The summed E-state index contributed by atoms with van der Waals surface area (Å²) < 4.78 is 0. The van der Waals surface area contributed by atoms with Crippen molar-refractivity contribution in [2.75, 3.05) is 19.6 Å². The molecule has 0 aliphatic carbocycles. The van der Waals surface area contributed by atoms with Crippen LogP contribution in [-0.2, 0) is 9.59 Å². The van der Waals surface area contributed by atoms with Crippen molar-refractivity contribution in [3.63, 3.8) is 0 Å². The summed E-state index contributed by atoms with van der Waals surface area (Å²) in [6, 6.07) is -0.455. The number of amides is 4. The SMILES string of the molecule is CCCCN(CC)C(=O)CN1C(=O)NC(CC)(CC)C1=O. The number of hydrogen-bond donors (Lipinski definition) is 1. The predicted molar refractivity (Wildman–Crippen MR) is 80.7 cm³/mol. The first kappa shape index (κ1) is 17.5. The molecule has 120 valence electrons. The number of nitrogens with one attached hydrogen (secondary N) is 1. The Morgan fingerprint density at radius 2 is 1.81 bits per heavy atom. The highest BCUT2D eigenvalue weighted by atomic mass is 16.2. The Balaban J connectivity index is 2.76. The summed E-state index contributed by atoms with van der Waals surface area (Å²) in [5.41, 5.74) is -0.835. The first-order valence-electron chi connectivity index (χ1n) is 7.87. The molecule has 4 amide bonds. The van der Waals surface area contributed by atoms with Crippen LogP contribution in [0, 0.1) is 0 Å². The van der Waals surface area contributed by atoms with Gasteiger partial charge in [-0.2, -0.15) is 0 Å². The minimum atomic E-state index is -0.835. The van der Waals surface area contributed by atoms with Crippen molar-refractivity contribution in [2.45, 2.75) is 58.9 Å². The number of unbranched alkanes of at least 4 members (excludes halogenated alkanes) is 1. The zero-order valence-corrected chi connectivity index (χ0v) is 13.6. The number of imide groups is 1. The summed E-state index contributed by atoms with van der Waals surface area (Å²) in [5, 5.41) is 2.74. The van der Waals surface area contributed by atoms with Crippen LogP contribution in [0.4, 0.5) is 4.79 Å². The van der Waals surface area contributed by atoms with E-state index in [1.54, 1.807) is 4.90 Å². The van der Waals surface area contributed by atoms with Crippen molar-refractivity contribution in [3.8, 4) is 0 Å². The third kappa shape index (κ3) is 3.54. The van der Waals surface area contributed by atoms with E-state index in [1.165, 1.54) is 0 Å². The van der Waals surface area contributed by atoms with Crippen molar-refractivity contribution in [3.05, 3.63) is 0 Å². The minimum absolute atomic E-state index is 0.163. The maximum Gasteiger partial charge on any atom is 0.325 e. The number of urea groups is 1. The predicted octanol–water partition coefficient (Wildman–Crippen LogP) is 1.75. The Hall–Kier alpha value is -1.59. The largest absolute Gasteiger partial charge is 0.341 e. The van der Waals surface area contributed by atoms with Gasteiger partial charge in [0, 0.05) is 13.1 Å². The van der Waals surface area contributed by atoms with Gasteiger partial charge in [-0.3, -0.25) is 14.5 Å². The second kappa shape index (κ2) is 7.43. The monoisotopic (exact) mass is 297 g/mol.